The van der Waals surface area contributed by atoms with Crippen molar-refractivity contribution in [2.75, 3.05) is 38.2 Å². The van der Waals surface area contributed by atoms with Gasteiger partial charge in [0.1, 0.15) is 6.61 Å². The first kappa shape index (κ1) is 21.5. The predicted molar refractivity (Wildman–Crippen MR) is 105 cm³/mol. The summed E-state index contributed by atoms with van der Waals surface area (Å²) < 4.78 is 4.88. The first-order valence-corrected chi connectivity index (χ1v) is 8.23. The van der Waals surface area contributed by atoms with Crippen LogP contribution in [-0.4, -0.2) is 45.2 Å². The summed E-state index contributed by atoms with van der Waals surface area (Å²) in [5.74, 6) is -1.05. The minimum atomic E-state index is -0.533. The van der Waals surface area contributed by atoms with Crippen molar-refractivity contribution in [3.63, 3.8) is 0 Å². The van der Waals surface area contributed by atoms with E-state index in [0.29, 0.717) is 18.7 Å². The Kier molecular flexibility index (Phi) is 8.84. The maximum atomic E-state index is 12.1. The standard InChI is InChI=1S/C20H22N4O3/c1-15(2)20(26)27-13-11-23-19(25)18(22-4)14-16-6-8-17(9-7-16)24(5)12-10-21-3/h6-9,14H,1,10-13H2,2,5H3,(H,23,25)/b18-14-. The van der Waals surface area contributed by atoms with E-state index in [-0.39, 0.29) is 24.4 Å². The number of carbonyl (C=O) groups is 2. The van der Waals surface area contributed by atoms with Crippen LogP contribution in [0.1, 0.15) is 12.5 Å². The van der Waals surface area contributed by atoms with Crippen LogP contribution in [0.4, 0.5) is 5.69 Å². The third-order valence-electron chi connectivity index (χ3n) is 3.51. The average Bonchev–Trinajstić information content (AvgIpc) is 2.67. The molecule has 0 aliphatic rings. The molecular weight excluding hydrogens is 344 g/mol. The summed E-state index contributed by atoms with van der Waals surface area (Å²) in [4.78, 5) is 31.8. The largest absolute Gasteiger partial charge is 0.460 e. The highest BCUT2D eigenvalue weighted by Crippen LogP contribution is 2.16. The van der Waals surface area contributed by atoms with Crippen LogP contribution in [0, 0.1) is 13.1 Å². The van der Waals surface area contributed by atoms with Gasteiger partial charge in [0.05, 0.1) is 19.7 Å². The summed E-state index contributed by atoms with van der Waals surface area (Å²) in [5.41, 5.74) is 1.89. The summed E-state index contributed by atoms with van der Waals surface area (Å²) in [6.07, 6.45) is 1.49. The van der Waals surface area contributed by atoms with E-state index in [2.05, 4.69) is 21.6 Å². The van der Waals surface area contributed by atoms with Gasteiger partial charge in [-0.25, -0.2) is 16.2 Å². The highest BCUT2D eigenvalue weighted by Gasteiger charge is 2.10. The number of nitrogens with zero attached hydrogens (tertiary/aromatic N) is 3. The molecule has 1 amide bonds. The van der Waals surface area contributed by atoms with Gasteiger partial charge in [-0.3, -0.25) is 4.79 Å². The lowest BCUT2D eigenvalue weighted by molar-refractivity contribution is -0.139. The van der Waals surface area contributed by atoms with Gasteiger partial charge in [-0.05, 0) is 30.7 Å². The molecular formula is C20H22N4O3. The number of carbonyl (C=O) groups excluding carboxylic acids is 2. The predicted octanol–water partition coefficient (Wildman–Crippen LogP) is 2.54. The van der Waals surface area contributed by atoms with E-state index < -0.39 is 11.9 Å². The molecule has 0 aromatic heterocycles. The molecule has 0 saturated heterocycles. The van der Waals surface area contributed by atoms with E-state index in [1.54, 1.807) is 12.1 Å². The minimum Gasteiger partial charge on any atom is -0.460 e. The smallest absolute Gasteiger partial charge is 0.333 e. The summed E-state index contributed by atoms with van der Waals surface area (Å²) >= 11 is 0. The molecule has 0 radical (unpaired) electrons. The number of nitrogens with one attached hydrogen (secondary N) is 1. The number of esters is 1. The fraction of sp³-hybridized carbons (Fsp3) is 0.300. The fourth-order valence-corrected chi connectivity index (χ4v) is 1.98. The molecule has 0 fully saturated rings. The van der Waals surface area contributed by atoms with Crippen molar-refractivity contribution in [3.8, 4) is 0 Å². The van der Waals surface area contributed by atoms with Crippen LogP contribution < -0.4 is 10.2 Å². The van der Waals surface area contributed by atoms with Gasteiger partial charge in [0.25, 0.3) is 5.70 Å². The molecule has 7 nitrogen and oxygen atoms in total. The molecule has 0 unspecified atom stereocenters. The lowest BCUT2D eigenvalue weighted by Gasteiger charge is -2.16. The summed E-state index contributed by atoms with van der Waals surface area (Å²) in [5, 5.41) is 2.54. The maximum Gasteiger partial charge on any atom is 0.333 e. The zero-order chi connectivity index (χ0) is 20.2. The number of hydrogen-bond acceptors (Lipinski definition) is 4. The molecule has 1 aromatic rings. The van der Waals surface area contributed by atoms with Crippen LogP contribution in [0.15, 0.2) is 42.1 Å². The van der Waals surface area contributed by atoms with Crippen LogP contribution in [0.2, 0.25) is 0 Å². The van der Waals surface area contributed by atoms with Gasteiger partial charge in [0, 0.05) is 18.3 Å². The zero-order valence-corrected chi connectivity index (χ0v) is 15.5. The first-order valence-electron chi connectivity index (χ1n) is 8.23. The van der Waals surface area contributed by atoms with Gasteiger partial charge < -0.3 is 19.8 Å². The van der Waals surface area contributed by atoms with Gasteiger partial charge in [-0.2, -0.15) is 0 Å². The molecule has 0 bridgehead atoms. The molecule has 0 saturated carbocycles. The quantitative estimate of drug-likeness (QED) is 0.316. The number of likely N-dealkylation sites (N-methyl/N-ethyl adjacent to an activating group) is 1. The summed E-state index contributed by atoms with van der Waals surface area (Å²) in [7, 11) is 1.90. The Morgan fingerprint density at radius 1 is 1.30 bits per heavy atom. The third kappa shape index (κ3) is 7.45. The second-order valence-corrected chi connectivity index (χ2v) is 5.71. The van der Waals surface area contributed by atoms with E-state index in [1.807, 2.05) is 24.1 Å². The molecule has 7 heteroatoms. The number of rotatable bonds is 9. The topological polar surface area (TPSA) is 67.4 Å². The highest BCUT2D eigenvalue weighted by molar-refractivity contribution is 5.99. The van der Waals surface area contributed by atoms with E-state index in [1.165, 1.54) is 13.0 Å². The van der Waals surface area contributed by atoms with Gasteiger partial charge in [-0.15, -0.1) is 0 Å². The highest BCUT2D eigenvalue weighted by atomic mass is 16.5. The van der Waals surface area contributed by atoms with Crippen LogP contribution in [0.5, 0.6) is 0 Å². The van der Waals surface area contributed by atoms with Crippen molar-refractivity contribution in [1.82, 2.24) is 5.32 Å². The molecule has 0 atom stereocenters. The van der Waals surface area contributed by atoms with Crippen molar-refractivity contribution >= 4 is 23.6 Å². The fourth-order valence-electron chi connectivity index (χ4n) is 1.98. The molecule has 140 valence electrons. The Bertz CT molecular complexity index is 798. The Balaban J connectivity index is 2.64. The normalized spacial score (nSPS) is 10.3. The number of benzene rings is 1. The van der Waals surface area contributed by atoms with Crippen LogP contribution in [0.25, 0.3) is 15.8 Å². The maximum absolute atomic E-state index is 12.1. The molecule has 1 N–H and O–H groups in total. The van der Waals surface area contributed by atoms with Crippen molar-refractivity contribution in [1.29, 1.82) is 0 Å². The van der Waals surface area contributed by atoms with Crippen LogP contribution in [-0.2, 0) is 14.3 Å². The number of hydrogen-bond donors (Lipinski definition) is 1. The minimum absolute atomic E-state index is 0.00828. The second-order valence-electron chi connectivity index (χ2n) is 5.71. The molecule has 27 heavy (non-hydrogen) atoms. The molecule has 0 spiro atoms. The van der Waals surface area contributed by atoms with Gasteiger partial charge in [0.2, 0.25) is 12.5 Å². The summed E-state index contributed by atoms with van der Waals surface area (Å²) in [6, 6.07) is 7.34. The molecule has 1 aromatic carbocycles. The third-order valence-corrected chi connectivity index (χ3v) is 3.51. The first-order chi connectivity index (χ1) is 12.9. The molecule has 0 aliphatic heterocycles. The van der Waals surface area contributed by atoms with E-state index >= 15 is 0 Å². The molecule has 0 aliphatic carbocycles. The molecule has 1 rings (SSSR count). The Labute approximate surface area is 159 Å². The second kappa shape index (κ2) is 11.1. The number of anilines is 1. The van der Waals surface area contributed by atoms with Gasteiger partial charge in [0.15, 0.2) is 0 Å². The van der Waals surface area contributed by atoms with Crippen molar-refractivity contribution < 1.29 is 14.3 Å². The van der Waals surface area contributed by atoms with E-state index in [9.17, 15) is 9.59 Å². The Morgan fingerprint density at radius 2 is 1.96 bits per heavy atom. The van der Waals surface area contributed by atoms with Gasteiger partial charge in [-0.1, -0.05) is 18.7 Å². The Hall–Kier alpha value is -3.58. The van der Waals surface area contributed by atoms with E-state index in [4.69, 9.17) is 17.9 Å². The number of amides is 1. The van der Waals surface area contributed by atoms with Crippen molar-refractivity contribution in [2.45, 2.75) is 6.92 Å². The average molecular weight is 366 g/mol. The van der Waals surface area contributed by atoms with Gasteiger partial charge >= 0.3 is 5.97 Å². The van der Waals surface area contributed by atoms with Crippen LogP contribution >= 0.6 is 0 Å². The van der Waals surface area contributed by atoms with Crippen LogP contribution in [0.3, 0.4) is 0 Å². The monoisotopic (exact) mass is 366 g/mol. The van der Waals surface area contributed by atoms with Crippen molar-refractivity contribution in [2.24, 2.45) is 0 Å². The SMILES string of the molecule is [C-]#[N+]CCN(C)c1ccc(/C=C(\[N+]#[C-])C(=O)NCCOC(=O)C(=C)C)cc1. The Morgan fingerprint density at radius 3 is 2.52 bits per heavy atom. The van der Waals surface area contributed by atoms with Crippen molar-refractivity contribution in [3.05, 3.63) is 70.5 Å². The lowest BCUT2D eigenvalue weighted by Crippen LogP contribution is -2.28. The number of ether oxygens (including phenoxy) is 1. The zero-order valence-electron chi connectivity index (χ0n) is 15.5. The molecule has 0 heterocycles. The lowest BCUT2D eigenvalue weighted by atomic mass is 10.1. The van der Waals surface area contributed by atoms with E-state index in [0.717, 1.165) is 5.69 Å². The summed E-state index contributed by atoms with van der Waals surface area (Å²) in [6.45, 7) is 20.2.